The first-order valence-electron chi connectivity index (χ1n) is 4.28. The fourth-order valence-electron chi connectivity index (χ4n) is 1.09. The fraction of sp³-hybridized carbons (Fsp3) is 0.400. The molecule has 1 rings (SSSR count). The monoisotopic (exact) mass is 208 g/mol. The lowest BCUT2D eigenvalue weighted by atomic mass is 9.91. The Morgan fingerprint density at radius 2 is 2.43 bits per heavy atom. The number of amides is 1. The van der Waals surface area contributed by atoms with E-state index in [0.29, 0.717) is 6.54 Å². The van der Waals surface area contributed by atoms with Crippen LogP contribution in [0.25, 0.3) is 0 Å². The Morgan fingerprint density at radius 1 is 1.71 bits per heavy atom. The number of rotatable bonds is 3. The molecule has 74 valence electrons. The van der Waals surface area contributed by atoms with Gasteiger partial charge >= 0.3 is 5.91 Å². The van der Waals surface area contributed by atoms with Gasteiger partial charge in [0.2, 0.25) is 0 Å². The van der Waals surface area contributed by atoms with E-state index in [-0.39, 0.29) is 5.41 Å². The third kappa shape index (κ3) is 2.57. The van der Waals surface area contributed by atoms with Crippen LogP contribution in [-0.2, 0) is 10.2 Å². The zero-order valence-electron chi connectivity index (χ0n) is 8.20. The van der Waals surface area contributed by atoms with Crippen LogP contribution >= 0.6 is 11.3 Å². The van der Waals surface area contributed by atoms with Gasteiger partial charge in [-0.15, -0.1) is 11.3 Å². The number of carbonyl (C=O) groups excluding carboxylic acids is 1. The van der Waals surface area contributed by atoms with Gasteiger partial charge in [0.05, 0.1) is 0 Å². The number of hydrogen-bond donors (Lipinski definition) is 1. The molecule has 0 aromatic carbocycles. The van der Waals surface area contributed by atoms with Crippen molar-refractivity contribution in [2.24, 2.45) is 0 Å². The number of hydrogen-bond acceptors (Lipinski definition) is 3. The summed E-state index contributed by atoms with van der Waals surface area (Å²) in [5.41, 5.74) is -0.110. The number of carbonyl (C=O) groups is 1. The average molecular weight is 208 g/mol. The number of nitrogens with zero attached hydrogens (tertiary/aromatic N) is 1. The Kier molecular flexibility index (Phi) is 3.26. The van der Waals surface area contributed by atoms with E-state index in [4.69, 9.17) is 5.26 Å². The molecule has 1 N–H and O–H groups in total. The molecule has 0 saturated carbocycles. The molecule has 0 spiro atoms. The van der Waals surface area contributed by atoms with Crippen LogP contribution in [0.15, 0.2) is 17.5 Å². The fourth-order valence-corrected chi connectivity index (χ4v) is 1.94. The van der Waals surface area contributed by atoms with E-state index >= 15 is 0 Å². The molecule has 0 aliphatic rings. The lowest BCUT2D eigenvalue weighted by Gasteiger charge is -2.22. The summed E-state index contributed by atoms with van der Waals surface area (Å²) in [5, 5.41) is 12.9. The average Bonchev–Trinajstić information content (AvgIpc) is 2.67. The maximum absolute atomic E-state index is 10.8. The Morgan fingerprint density at radius 3 is 2.93 bits per heavy atom. The smallest absolute Gasteiger partial charge is 0.322 e. The summed E-state index contributed by atoms with van der Waals surface area (Å²) in [6.45, 7) is 4.56. The predicted molar refractivity (Wildman–Crippen MR) is 56.0 cm³/mol. The number of nitrogens with one attached hydrogen (secondary N) is 1. The highest BCUT2D eigenvalue weighted by molar-refractivity contribution is 7.10. The Balaban J connectivity index is 2.60. The van der Waals surface area contributed by atoms with Crippen LogP contribution in [0.5, 0.6) is 0 Å². The first kappa shape index (κ1) is 10.7. The lowest BCUT2D eigenvalue weighted by molar-refractivity contribution is -0.116. The summed E-state index contributed by atoms with van der Waals surface area (Å²) in [7, 11) is 0. The summed E-state index contributed by atoms with van der Waals surface area (Å²) in [4.78, 5) is 12.0. The second-order valence-corrected chi connectivity index (χ2v) is 4.60. The molecule has 3 nitrogen and oxygen atoms in total. The van der Waals surface area contributed by atoms with Gasteiger partial charge in [0.25, 0.3) is 0 Å². The topological polar surface area (TPSA) is 52.9 Å². The van der Waals surface area contributed by atoms with Crippen LogP contribution in [0.1, 0.15) is 18.7 Å². The van der Waals surface area contributed by atoms with Crippen LogP contribution in [0.4, 0.5) is 0 Å². The van der Waals surface area contributed by atoms with Crippen molar-refractivity contribution < 1.29 is 4.79 Å². The van der Waals surface area contributed by atoms with Crippen molar-refractivity contribution in [2.75, 3.05) is 6.54 Å². The highest BCUT2D eigenvalue weighted by atomic mass is 32.1. The van der Waals surface area contributed by atoms with Crippen molar-refractivity contribution >= 4 is 17.2 Å². The molecule has 1 heterocycles. The Hall–Kier alpha value is -1.34. The van der Waals surface area contributed by atoms with Gasteiger partial charge in [-0.2, -0.15) is 5.26 Å². The van der Waals surface area contributed by atoms with Gasteiger partial charge < -0.3 is 5.32 Å². The third-order valence-corrected chi connectivity index (χ3v) is 3.22. The largest absolute Gasteiger partial charge is 0.343 e. The second-order valence-electron chi connectivity index (χ2n) is 3.66. The van der Waals surface area contributed by atoms with E-state index in [9.17, 15) is 4.79 Å². The second kappa shape index (κ2) is 4.25. The molecule has 1 amide bonds. The molecule has 4 heteroatoms. The van der Waals surface area contributed by atoms with Crippen molar-refractivity contribution in [2.45, 2.75) is 19.3 Å². The summed E-state index contributed by atoms with van der Waals surface area (Å²) in [5.74, 6) is -0.574. The quantitative estimate of drug-likeness (QED) is 0.768. The molecular weight excluding hydrogens is 196 g/mol. The molecule has 0 radical (unpaired) electrons. The van der Waals surface area contributed by atoms with Gasteiger partial charge in [-0.25, -0.2) is 0 Å². The predicted octanol–water partition coefficient (Wildman–Crippen LogP) is 1.67. The zero-order valence-corrected chi connectivity index (χ0v) is 9.02. The number of thiophene rings is 1. The standard InChI is InChI=1S/C10H12N2OS/c1-10(2,7-12-9(13)6-11)8-4-3-5-14-8/h3-5H,7H2,1-2H3,(H,12,13). The molecule has 0 saturated heterocycles. The van der Waals surface area contributed by atoms with Crippen LogP contribution in [0.2, 0.25) is 0 Å². The highest BCUT2D eigenvalue weighted by Crippen LogP contribution is 2.26. The SMILES string of the molecule is CC(C)(CNC(=O)C#N)c1cccs1. The molecule has 0 aliphatic heterocycles. The molecule has 0 aliphatic carbocycles. The van der Waals surface area contributed by atoms with Crippen molar-refractivity contribution in [1.29, 1.82) is 5.26 Å². The Labute approximate surface area is 87.4 Å². The van der Waals surface area contributed by atoms with Crippen LogP contribution in [0.3, 0.4) is 0 Å². The molecule has 1 aromatic rings. The normalized spacial score (nSPS) is 10.6. The van der Waals surface area contributed by atoms with Crippen molar-refractivity contribution in [3.63, 3.8) is 0 Å². The van der Waals surface area contributed by atoms with E-state index in [2.05, 4.69) is 5.32 Å². The van der Waals surface area contributed by atoms with Gasteiger partial charge in [-0.3, -0.25) is 4.79 Å². The third-order valence-electron chi connectivity index (χ3n) is 1.98. The summed E-state index contributed by atoms with van der Waals surface area (Å²) < 4.78 is 0. The van der Waals surface area contributed by atoms with E-state index in [1.807, 2.05) is 31.4 Å². The van der Waals surface area contributed by atoms with Crippen LogP contribution in [0, 0.1) is 11.3 Å². The summed E-state index contributed by atoms with van der Waals surface area (Å²) in [6.07, 6.45) is 0. The van der Waals surface area contributed by atoms with Crippen LogP contribution < -0.4 is 5.32 Å². The number of nitriles is 1. The molecule has 0 unspecified atom stereocenters. The molecule has 1 aromatic heterocycles. The maximum Gasteiger partial charge on any atom is 0.322 e. The molecular formula is C10H12N2OS. The minimum atomic E-state index is -0.574. The molecule has 14 heavy (non-hydrogen) atoms. The minimum Gasteiger partial charge on any atom is -0.343 e. The van der Waals surface area contributed by atoms with E-state index < -0.39 is 5.91 Å². The van der Waals surface area contributed by atoms with Gasteiger partial charge in [-0.1, -0.05) is 19.9 Å². The maximum atomic E-state index is 10.8. The van der Waals surface area contributed by atoms with Crippen molar-refractivity contribution in [3.05, 3.63) is 22.4 Å². The summed E-state index contributed by atoms with van der Waals surface area (Å²) >= 11 is 1.65. The summed E-state index contributed by atoms with van der Waals surface area (Å²) in [6, 6.07) is 5.55. The first-order chi connectivity index (χ1) is 6.56. The van der Waals surface area contributed by atoms with Gasteiger partial charge in [0.15, 0.2) is 6.07 Å². The molecule has 0 bridgehead atoms. The highest BCUT2D eigenvalue weighted by Gasteiger charge is 2.22. The van der Waals surface area contributed by atoms with E-state index in [1.54, 1.807) is 11.3 Å². The van der Waals surface area contributed by atoms with Gasteiger partial charge in [-0.05, 0) is 11.4 Å². The van der Waals surface area contributed by atoms with Gasteiger partial charge in [0, 0.05) is 16.8 Å². The van der Waals surface area contributed by atoms with E-state index in [0.717, 1.165) is 0 Å². The minimum absolute atomic E-state index is 0.110. The van der Waals surface area contributed by atoms with E-state index in [1.165, 1.54) is 10.9 Å². The van der Waals surface area contributed by atoms with Crippen LogP contribution in [-0.4, -0.2) is 12.5 Å². The van der Waals surface area contributed by atoms with Crippen molar-refractivity contribution in [1.82, 2.24) is 5.32 Å². The lowest BCUT2D eigenvalue weighted by Crippen LogP contribution is -2.35. The molecule has 0 atom stereocenters. The van der Waals surface area contributed by atoms with Gasteiger partial charge in [0.1, 0.15) is 0 Å². The zero-order chi connectivity index (χ0) is 10.6. The Bertz CT molecular complexity index is 349. The first-order valence-corrected chi connectivity index (χ1v) is 5.16. The molecule has 0 fully saturated rings. The van der Waals surface area contributed by atoms with Crippen molar-refractivity contribution in [3.8, 4) is 6.07 Å².